The molecule has 2 atom stereocenters. The van der Waals surface area contributed by atoms with Gasteiger partial charge in [-0.25, -0.2) is 0 Å². The Labute approximate surface area is 552 Å². The number of nitrogens with one attached hydrogen (secondary N) is 1. The Morgan fingerprint density at radius 3 is 0.773 bits per heavy atom. The summed E-state index contributed by atoms with van der Waals surface area (Å²) in [4.78, 5) is 24.7. The van der Waals surface area contributed by atoms with E-state index in [1.807, 2.05) is 6.08 Å². The van der Waals surface area contributed by atoms with Crippen LogP contribution in [-0.2, 0) is 14.3 Å². The molecule has 0 heterocycles. The minimum atomic E-state index is -0.842. The first-order chi connectivity index (χ1) is 43.5. The Hall–Kier alpha value is -1.40. The lowest BCUT2D eigenvalue weighted by atomic mass is 10.0. The molecule has 0 aliphatic heterocycles. The van der Waals surface area contributed by atoms with Crippen molar-refractivity contribution in [3.8, 4) is 0 Å². The Morgan fingerprint density at radius 1 is 0.307 bits per heavy atom. The molecule has 0 rings (SSSR count). The van der Waals surface area contributed by atoms with Gasteiger partial charge in [0.15, 0.2) is 0 Å². The molecule has 0 aromatic carbocycles. The number of carbonyl (C=O) groups is 2. The lowest BCUT2D eigenvalue weighted by Gasteiger charge is -2.20. The predicted molar refractivity (Wildman–Crippen MR) is 389 cm³/mol. The molecule has 0 aromatic rings. The van der Waals surface area contributed by atoms with E-state index in [9.17, 15) is 19.8 Å². The topological polar surface area (TPSA) is 95.9 Å². The van der Waals surface area contributed by atoms with Crippen LogP contribution in [0.25, 0.3) is 0 Å². The highest BCUT2D eigenvalue weighted by molar-refractivity contribution is 5.76. The van der Waals surface area contributed by atoms with E-state index in [2.05, 4.69) is 19.2 Å². The van der Waals surface area contributed by atoms with Gasteiger partial charge in [-0.15, -0.1) is 0 Å². The first kappa shape index (κ1) is 86.6. The van der Waals surface area contributed by atoms with E-state index < -0.39 is 12.1 Å². The number of hydrogen-bond donors (Lipinski definition) is 3. The van der Waals surface area contributed by atoms with Crippen LogP contribution in [0.3, 0.4) is 0 Å². The minimum Gasteiger partial charge on any atom is -0.466 e. The van der Waals surface area contributed by atoms with Crippen molar-refractivity contribution in [2.24, 2.45) is 0 Å². The molecular formula is C82H161NO5. The largest absolute Gasteiger partial charge is 0.466 e. The van der Waals surface area contributed by atoms with E-state index in [0.29, 0.717) is 19.4 Å². The molecule has 0 spiro atoms. The molecule has 88 heavy (non-hydrogen) atoms. The molecule has 6 heteroatoms. The van der Waals surface area contributed by atoms with Crippen LogP contribution in [-0.4, -0.2) is 47.4 Å². The van der Waals surface area contributed by atoms with E-state index in [1.54, 1.807) is 6.08 Å². The number of rotatable bonds is 78. The van der Waals surface area contributed by atoms with Crippen LogP contribution in [0, 0.1) is 0 Å². The number of hydrogen-bond acceptors (Lipinski definition) is 5. The zero-order chi connectivity index (χ0) is 63.5. The zero-order valence-corrected chi connectivity index (χ0v) is 60.3. The summed E-state index contributed by atoms with van der Waals surface area (Å²) in [5.41, 5.74) is 0. The highest BCUT2D eigenvalue weighted by Gasteiger charge is 2.18. The molecule has 6 nitrogen and oxygen atoms in total. The summed E-state index contributed by atoms with van der Waals surface area (Å²) < 4.78 is 5.51. The van der Waals surface area contributed by atoms with Gasteiger partial charge in [0.25, 0.3) is 0 Å². The highest BCUT2D eigenvalue weighted by atomic mass is 16.5. The van der Waals surface area contributed by atoms with Crippen molar-refractivity contribution in [1.29, 1.82) is 0 Å². The molecule has 1 amide bonds. The van der Waals surface area contributed by atoms with Crippen LogP contribution in [0.5, 0.6) is 0 Å². The third kappa shape index (κ3) is 73.6. The van der Waals surface area contributed by atoms with Crippen molar-refractivity contribution in [3.63, 3.8) is 0 Å². The number of ether oxygens (including phenoxy) is 1. The third-order valence-electron chi connectivity index (χ3n) is 19.6. The zero-order valence-electron chi connectivity index (χ0n) is 60.3. The number of aliphatic hydroxyl groups excluding tert-OH is 2. The molecule has 3 N–H and O–H groups in total. The summed E-state index contributed by atoms with van der Waals surface area (Å²) in [5, 5.41) is 23.3. The van der Waals surface area contributed by atoms with E-state index in [4.69, 9.17) is 4.74 Å². The number of aliphatic hydroxyl groups is 2. The summed E-state index contributed by atoms with van der Waals surface area (Å²) in [5.74, 6) is -0.0313. The molecule has 0 radical (unpaired) electrons. The van der Waals surface area contributed by atoms with E-state index in [-0.39, 0.29) is 18.5 Å². The second-order valence-electron chi connectivity index (χ2n) is 28.5. The van der Waals surface area contributed by atoms with Crippen LogP contribution in [0.15, 0.2) is 12.2 Å². The molecule has 0 saturated carbocycles. The normalized spacial score (nSPS) is 12.5. The number of esters is 1. The molecule has 0 aliphatic carbocycles. The lowest BCUT2D eigenvalue weighted by Crippen LogP contribution is -2.45. The second kappa shape index (κ2) is 78.0. The van der Waals surface area contributed by atoms with Gasteiger partial charge in [0.1, 0.15) is 0 Å². The first-order valence-electron chi connectivity index (χ1n) is 41.0. The number of unbranched alkanes of at least 4 members (excludes halogenated alkanes) is 67. The van der Waals surface area contributed by atoms with Gasteiger partial charge in [0.2, 0.25) is 5.91 Å². The Morgan fingerprint density at radius 2 is 0.523 bits per heavy atom. The molecule has 2 unspecified atom stereocenters. The van der Waals surface area contributed by atoms with Crippen molar-refractivity contribution >= 4 is 11.9 Å². The molecule has 0 aliphatic rings. The van der Waals surface area contributed by atoms with Crippen molar-refractivity contribution in [1.82, 2.24) is 5.32 Å². The average Bonchev–Trinajstić information content (AvgIpc) is 3.58. The smallest absolute Gasteiger partial charge is 0.305 e. The van der Waals surface area contributed by atoms with E-state index >= 15 is 0 Å². The molecule has 0 fully saturated rings. The summed E-state index contributed by atoms with van der Waals surface area (Å²) >= 11 is 0. The summed E-state index contributed by atoms with van der Waals surface area (Å²) in [6, 6.07) is -0.625. The van der Waals surface area contributed by atoms with Crippen molar-refractivity contribution in [2.75, 3.05) is 13.2 Å². The van der Waals surface area contributed by atoms with Gasteiger partial charge >= 0.3 is 5.97 Å². The molecule has 0 saturated heterocycles. The number of amides is 1. The van der Waals surface area contributed by atoms with Crippen molar-refractivity contribution in [3.05, 3.63) is 12.2 Å². The van der Waals surface area contributed by atoms with Gasteiger partial charge in [0.05, 0.1) is 25.4 Å². The van der Waals surface area contributed by atoms with Gasteiger partial charge in [-0.05, 0) is 32.1 Å². The van der Waals surface area contributed by atoms with Gasteiger partial charge in [-0.3, -0.25) is 9.59 Å². The maximum absolute atomic E-state index is 12.6. The standard InChI is InChI=1S/C82H161NO5/c1-3-5-7-9-11-13-15-17-19-21-22-23-37-40-43-46-50-54-58-62-66-70-74-80(85)79(78-84)83-81(86)75-71-67-63-59-55-51-47-44-41-38-35-33-31-29-27-25-24-26-28-30-32-34-36-39-42-45-49-53-57-61-65-69-73-77-88-82(87)76-72-68-64-60-56-52-48-20-18-16-14-12-10-8-6-4-2/h70,74,79-80,84-85H,3-69,71-73,75-78H2,1-2H3,(H,83,86)/b74-70+. The van der Waals surface area contributed by atoms with E-state index in [0.717, 1.165) is 38.5 Å². The fourth-order valence-electron chi connectivity index (χ4n) is 13.3. The number of carbonyl (C=O) groups excluding carboxylic acids is 2. The molecule has 0 bridgehead atoms. The van der Waals surface area contributed by atoms with E-state index in [1.165, 1.54) is 411 Å². The Kier molecular flexibility index (Phi) is 76.8. The van der Waals surface area contributed by atoms with Crippen LogP contribution in [0.4, 0.5) is 0 Å². The molecular weight excluding hydrogens is 1080 g/mol. The van der Waals surface area contributed by atoms with Crippen LogP contribution >= 0.6 is 0 Å². The molecule has 0 aromatic heterocycles. The average molecular weight is 1240 g/mol. The fraction of sp³-hybridized carbons (Fsp3) is 0.951. The summed E-state index contributed by atoms with van der Waals surface area (Å²) in [7, 11) is 0. The highest BCUT2D eigenvalue weighted by Crippen LogP contribution is 2.21. The maximum Gasteiger partial charge on any atom is 0.305 e. The summed E-state index contributed by atoms with van der Waals surface area (Å²) in [6.45, 7) is 4.97. The Bertz CT molecular complexity index is 1340. The quantitative estimate of drug-likeness (QED) is 0.0320. The monoisotopic (exact) mass is 1240 g/mol. The Balaban J connectivity index is 3.33. The maximum atomic E-state index is 12.6. The van der Waals surface area contributed by atoms with Crippen molar-refractivity contribution < 1.29 is 24.5 Å². The first-order valence-corrected chi connectivity index (χ1v) is 41.0. The lowest BCUT2D eigenvalue weighted by molar-refractivity contribution is -0.143. The van der Waals surface area contributed by atoms with Crippen molar-refractivity contribution in [2.45, 2.75) is 488 Å². The second-order valence-corrected chi connectivity index (χ2v) is 28.5. The van der Waals surface area contributed by atoms with Crippen LogP contribution < -0.4 is 5.32 Å². The van der Waals surface area contributed by atoms with Gasteiger partial charge in [-0.1, -0.05) is 443 Å². The SMILES string of the molecule is CCCCCCCCCCCCCCCCCCCCCC/C=C/C(O)C(CO)NC(=O)CCCCCCCCCCCCCCCCCCCCCCCCCCCCCCCCCCCOC(=O)CCCCCCCCCCCCCCCCCC. The minimum absolute atomic E-state index is 0.0263. The predicted octanol–water partition coefficient (Wildman–Crippen LogP) is 27.1. The third-order valence-corrected chi connectivity index (χ3v) is 19.6. The summed E-state index contributed by atoms with van der Waals surface area (Å²) in [6.07, 6.45) is 99.2. The van der Waals surface area contributed by atoms with Gasteiger partial charge in [0, 0.05) is 12.8 Å². The van der Waals surface area contributed by atoms with Gasteiger partial charge in [-0.2, -0.15) is 0 Å². The van der Waals surface area contributed by atoms with Crippen LogP contribution in [0.2, 0.25) is 0 Å². The number of allylic oxidation sites excluding steroid dienone is 1. The van der Waals surface area contributed by atoms with Crippen LogP contribution in [0.1, 0.15) is 476 Å². The molecule has 524 valence electrons. The fourth-order valence-corrected chi connectivity index (χ4v) is 13.3. The van der Waals surface area contributed by atoms with Gasteiger partial charge < -0.3 is 20.3 Å².